The van der Waals surface area contributed by atoms with Crippen molar-refractivity contribution in [3.8, 4) is 17.2 Å². The Morgan fingerprint density at radius 3 is 1.85 bits per heavy atom. The van der Waals surface area contributed by atoms with E-state index in [1.54, 1.807) is 78.9 Å². The van der Waals surface area contributed by atoms with Crippen molar-refractivity contribution >= 4 is 28.9 Å². The van der Waals surface area contributed by atoms with Crippen molar-refractivity contribution in [1.29, 1.82) is 0 Å². The van der Waals surface area contributed by atoms with Gasteiger partial charge >= 0.3 is 17.7 Å². The van der Waals surface area contributed by atoms with Crippen molar-refractivity contribution in [3.63, 3.8) is 0 Å². The van der Waals surface area contributed by atoms with Gasteiger partial charge in [0, 0.05) is 17.7 Å². The third-order valence-electron chi connectivity index (χ3n) is 5.46. The van der Waals surface area contributed by atoms with E-state index in [1.165, 1.54) is 10.7 Å². The average Bonchev–Trinajstić information content (AvgIpc) is 3.29. The molecule has 0 fully saturated rings. The molecular weight excluding hydrogens is 535 g/mol. The number of hydrogen-bond donors (Lipinski definition) is 1. The number of rotatable bonds is 5. The molecule has 0 bridgehead atoms. The number of hydrogen-bond acceptors (Lipinski definition) is 5. The molecule has 1 aromatic heterocycles. The fourth-order valence-corrected chi connectivity index (χ4v) is 3.20. The number of aromatic nitrogens is 2. The highest BCUT2D eigenvalue weighted by Gasteiger charge is 2.50. The lowest BCUT2D eigenvalue weighted by Crippen LogP contribution is -2.36. The fourth-order valence-electron chi connectivity index (χ4n) is 3.11. The number of ether oxygens (including phenoxy) is 2. The zero-order valence-electron chi connectivity index (χ0n) is 21.2. The topological polar surface area (TPSA) is 82.5 Å². The summed E-state index contributed by atoms with van der Waals surface area (Å²) in [6, 6.07) is 25.2. The van der Waals surface area contributed by atoms with Crippen LogP contribution in [-0.2, 0) is 5.41 Å². The summed E-state index contributed by atoms with van der Waals surface area (Å²) >= 11 is 4.95. The quantitative estimate of drug-likeness (QED) is 0.250. The zero-order chi connectivity index (χ0) is 28.6. The van der Waals surface area contributed by atoms with Gasteiger partial charge in [0.1, 0.15) is 22.7 Å². The van der Waals surface area contributed by atoms with E-state index in [9.17, 15) is 22.8 Å². The normalized spacial score (nSPS) is 11.2. The van der Waals surface area contributed by atoms with Crippen molar-refractivity contribution in [2.75, 3.05) is 5.32 Å². The third kappa shape index (κ3) is 8.08. The molecule has 1 heterocycles. The van der Waals surface area contributed by atoms with Gasteiger partial charge < -0.3 is 9.47 Å². The molecule has 11 heteroatoms. The predicted molar refractivity (Wildman–Crippen MR) is 142 cm³/mol. The van der Waals surface area contributed by atoms with E-state index in [0.717, 1.165) is 19.4 Å². The Kier molecular flexibility index (Phi) is 9.37. The van der Waals surface area contributed by atoms with Crippen LogP contribution in [-0.4, -0.2) is 27.5 Å². The molecule has 0 saturated carbocycles. The molecule has 0 saturated heterocycles. The lowest BCUT2D eigenvalue weighted by Gasteiger charge is -2.25. The van der Waals surface area contributed by atoms with Crippen LogP contribution in [0.4, 0.5) is 28.6 Å². The highest BCUT2D eigenvalue weighted by atomic mass is 35.5. The molecule has 39 heavy (non-hydrogen) atoms. The minimum absolute atomic E-state index is 0.0714. The summed E-state index contributed by atoms with van der Waals surface area (Å²) in [5, 5.41) is 6.62. The molecule has 0 unspecified atom stereocenters. The summed E-state index contributed by atoms with van der Waals surface area (Å²) < 4.78 is 51.5. The first kappa shape index (κ1) is 29.2. The van der Waals surface area contributed by atoms with Crippen LogP contribution in [0.3, 0.4) is 0 Å². The number of para-hydroxylation sites is 2. The number of anilines is 1. The van der Waals surface area contributed by atoms with E-state index >= 15 is 0 Å². The van der Waals surface area contributed by atoms with E-state index in [-0.39, 0.29) is 11.5 Å². The van der Waals surface area contributed by atoms with Crippen LogP contribution >= 0.6 is 11.6 Å². The molecule has 4 aromatic rings. The lowest BCUT2D eigenvalue weighted by molar-refractivity contribution is -0.181. The van der Waals surface area contributed by atoms with E-state index in [1.807, 2.05) is 13.0 Å². The molecule has 0 atom stereocenters. The SMILES string of the molecule is Cc1ccc(-n2nc(C(C)(C)C(F)(F)F)cc2NC(=O)Oc2ccccc2)cc1.O=C(Cl)Oc1ccccc1. The predicted octanol–water partition coefficient (Wildman–Crippen LogP) is 8.06. The Bertz CT molecular complexity index is 1390. The van der Waals surface area contributed by atoms with Gasteiger partial charge in [0.15, 0.2) is 0 Å². The molecular formula is C28H25ClF3N3O4. The lowest BCUT2D eigenvalue weighted by atomic mass is 9.89. The summed E-state index contributed by atoms with van der Waals surface area (Å²) in [6.07, 6.45) is -5.35. The maximum atomic E-state index is 13.5. The van der Waals surface area contributed by atoms with Crippen LogP contribution in [0.2, 0.25) is 0 Å². The summed E-state index contributed by atoms with van der Waals surface area (Å²) in [5.41, 5.74) is -1.75. The van der Waals surface area contributed by atoms with Crippen molar-refractivity contribution in [2.45, 2.75) is 32.4 Å². The Morgan fingerprint density at radius 2 is 1.36 bits per heavy atom. The second kappa shape index (κ2) is 12.5. The first-order valence-electron chi connectivity index (χ1n) is 11.6. The minimum atomic E-state index is -4.51. The number of alkyl halides is 3. The first-order chi connectivity index (χ1) is 18.4. The number of carbonyl (C=O) groups is 2. The van der Waals surface area contributed by atoms with Gasteiger partial charge in [0.2, 0.25) is 0 Å². The zero-order valence-corrected chi connectivity index (χ0v) is 22.0. The van der Waals surface area contributed by atoms with E-state index in [4.69, 9.17) is 16.3 Å². The number of halogens is 4. The smallest absolute Gasteiger partial charge is 0.415 e. The first-order valence-corrected chi connectivity index (χ1v) is 11.9. The Labute approximate surface area is 228 Å². The summed E-state index contributed by atoms with van der Waals surface area (Å²) in [4.78, 5) is 22.4. The number of nitrogens with one attached hydrogen (secondary N) is 1. The molecule has 0 spiro atoms. The summed E-state index contributed by atoms with van der Waals surface area (Å²) in [6.45, 7) is 3.98. The molecule has 204 valence electrons. The van der Waals surface area contributed by atoms with Gasteiger partial charge in [-0.2, -0.15) is 18.3 Å². The van der Waals surface area contributed by atoms with Crippen molar-refractivity contribution < 1.29 is 32.2 Å². The fraction of sp³-hybridized carbons (Fsp3) is 0.179. The largest absolute Gasteiger partial charge is 0.418 e. The van der Waals surface area contributed by atoms with Crippen LogP contribution in [0.1, 0.15) is 25.1 Å². The number of nitrogens with zero attached hydrogens (tertiary/aromatic N) is 2. The highest BCUT2D eigenvalue weighted by molar-refractivity contribution is 6.61. The van der Waals surface area contributed by atoms with E-state index < -0.39 is 23.1 Å². The minimum Gasteiger partial charge on any atom is -0.415 e. The van der Waals surface area contributed by atoms with Gasteiger partial charge in [-0.25, -0.2) is 14.3 Å². The van der Waals surface area contributed by atoms with Gasteiger partial charge in [0.05, 0.1) is 11.4 Å². The van der Waals surface area contributed by atoms with E-state index in [2.05, 4.69) is 15.2 Å². The Hall–Kier alpha value is -4.31. The monoisotopic (exact) mass is 559 g/mol. The number of aryl methyl sites for hydroxylation is 1. The van der Waals surface area contributed by atoms with Crippen LogP contribution < -0.4 is 14.8 Å². The Balaban J connectivity index is 0.000000353. The summed E-state index contributed by atoms with van der Waals surface area (Å²) in [5.74, 6) is 0.840. The maximum absolute atomic E-state index is 13.5. The van der Waals surface area contributed by atoms with Crippen LogP contribution in [0, 0.1) is 6.92 Å². The molecule has 0 aliphatic heterocycles. The summed E-state index contributed by atoms with van der Waals surface area (Å²) in [7, 11) is 0. The van der Waals surface area contributed by atoms with Gasteiger partial charge in [-0.05, 0) is 57.2 Å². The van der Waals surface area contributed by atoms with Gasteiger partial charge in [0.25, 0.3) is 0 Å². The Morgan fingerprint density at radius 1 is 0.846 bits per heavy atom. The highest BCUT2D eigenvalue weighted by Crippen LogP contribution is 2.40. The van der Waals surface area contributed by atoms with Crippen molar-refractivity contribution in [3.05, 3.63) is 102 Å². The molecule has 3 aromatic carbocycles. The molecule has 0 aliphatic carbocycles. The second-order valence-corrected chi connectivity index (χ2v) is 9.07. The molecule has 7 nitrogen and oxygen atoms in total. The number of benzene rings is 3. The molecule has 1 N–H and O–H groups in total. The van der Waals surface area contributed by atoms with Gasteiger partial charge in [-0.1, -0.05) is 54.1 Å². The van der Waals surface area contributed by atoms with Crippen LogP contribution in [0.15, 0.2) is 91.0 Å². The average molecular weight is 560 g/mol. The van der Waals surface area contributed by atoms with Crippen molar-refractivity contribution in [1.82, 2.24) is 9.78 Å². The number of amides is 1. The third-order valence-corrected chi connectivity index (χ3v) is 5.54. The maximum Gasteiger partial charge on any atom is 0.418 e. The standard InChI is InChI=1S/C21H20F3N3O2.C7H5ClO2/c1-14-9-11-15(12-10-14)27-18(13-17(26-27)20(2,3)21(22,23)24)25-19(28)29-16-7-5-4-6-8-16;8-7(9)10-6-4-2-1-3-5-6/h4-13H,1-3H3,(H,25,28);1-5H. The molecule has 0 radical (unpaired) electrons. The van der Waals surface area contributed by atoms with Gasteiger partial charge in [-0.15, -0.1) is 0 Å². The molecule has 4 rings (SSSR count). The van der Waals surface area contributed by atoms with Crippen LogP contribution in [0.25, 0.3) is 5.69 Å². The van der Waals surface area contributed by atoms with Gasteiger partial charge in [-0.3, -0.25) is 5.32 Å². The van der Waals surface area contributed by atoms with Crippen molar-refractivity contribution in [2.24, 2.45) is 0 Å². The molecule has 1 amide bonds. The van der Waals surface area contributed by atoms with Crippen LogP contribution in [0.5, 0.6) is 11.5 Å². The van der Waals surface area contributed by atoms with E-state index in [0.29, 0.717) is 17.2 Å². The molecule has 0 aliphatic rings. The number of carbonyl (C=O) groups excluding carboxylic acids is 2. The second-order valence-electron chi connectivity index (χ2n) is 8.77.